The number of methoxy groups -OCH3 is 2. The third-order valence-corrected chi connectivity index (χ3v) is 3.14. The number of rotatable bonds is 2. The molecule has 0 spiro atoms. The highest BCUT2D eigenvalue weighted by Crippen LogP contribution is 2.31. The van der Waals surface area contributed by atoms with Crippen molar-refractivity contribution in [3.63, 3.8) is 0 Å². The van der Waals surface area contributed by atoms with Gasteiger partial charge >= 0.3 is 0 Å². The molecule has 5 heteroatoms. The van der Waals surface area contributed by atoms with Crippen LogP contribution in [0, 0.1) is 6.92 Å². The van der Waals surface area contributed by atoms with Crippen molar-refractivity contribution in [1.29, 1.82) is 0 Å². The van der Waals surface area contributed by atoms with Crippen molar-refractivity contribution in [2.75, 3.05) is 20.0 Å². The maximum atomic E-state index is 5.36. The Morgan fingerprint density at radius 3 is 1.96 bits per heavy atom. The van der Waals surface area contributed by atoms with Crippen LogP contribution in [0.3, 0.4) is 0 Å². The molecule has 24 heavy (non-hydrogen) atoms. The first-order valence-corrected chi connectivity index (χ1v) is 7.79. The van der Waals surface area contributed by atoms with Crippen molar-refractivity contribution >= 4 is 16.6 Å². The van der Waals surface area contributed by atoms with Gasteiger partial charge in [0, 0.05) is 22.8 Å². The molecule has 0 amide bonds. The van der Waals surface area contributed by atoms with Gasteiger partial charge in [0.25, 0.3) is 0 Å². The first kappa shape index (κ1) is 19.2. The van der Waals surface area contributed by atoms with E-state index in [1.165, 1.54) is 0 Å². The lowest BCUT2D eigenvalue weighted by molar-refractivity contribution is 0.355. The van der Waals surface area contributed by atoms with Crippen LogP contribution in [-0.4, -0.2) is 24.2 Å². The predicted octanol–water partition coefficient (Wildman–Crippen LogP) is 4.25. The lowest BCUT2D eigenvalue weighted by Crippen LogP contribution is -1.93. The number of aromatic nitrogens is 2. The topological polar surface area (TPSA) is 70.3 Å². The molecule has 0 unspecified atom stereocenters. The fraction of sp³-hybridized carbons (Fsp3) is 0.263. The van der Waals surface area contributed by atoms with Crippen molar-refractivity contribution in [3.05, 3.63) is 54.5 Å². The molecule has 0 aliphatic rings. The minimum Gasteiger partial charge on any atom is -0.493 e. The Kier molecular flexibility index (Phi) is 8.05. The Bertz CT molecular complexity index is 746. The van der Waals surface area contributed by atoms with E-state index in [9.17, 15) is 0 Å². The summed E-state index contributed by atoms with van der Waals surface area (Å²) in [4.78, 5) is 8.31. The second-order valence-corrected chi connectivity index (χ2v) is 4.59. The number of nitrogen functional groups attached to an aromatic ring is 1. The Labute approximate surface area is 143 Å². The van der Waals surface area contributed by atoms with Crippen LogP contribution >= 0.6 is 0 Å². The molecule has 0 atom stereocenters. The van der Waals surface area contributed by atoms with E-state index in [-0.39, 0.29) is 0 Å². The summed E-state index contributed by atoms with van der Waals surface area (Å²) >= 11 is 0. The van der Waals surface area contributed by atoms with Gasteiger partial charge in [-0.1, -0.05) is 32.0 Å². The van der Waals surface area contributed by atoms with Crippen LogP contribution in [0.1, 0.15) is 19.5 Å². The Morgan fingerprint density at radius 1 is 0.875 bits per heavy atom. The Morgan fingerprint density at radius 2 is 1.46 bits per heavy atom. The second kappa shape index (κ2) is 10.0. The fourth-order valence-corrected chi connectivity index (χ4v) is 1.97. The lowest BCUT2D eigenvalue weighted by atomic mass is 10.2. The molecule has 0 aliphatic carbocycles. The summed E-state index contributed by atoms with van der Waals surface area (Å²) in [6.07, 6.45) is 1.55. The van der Waals surface area contributed by atoms with E-state index in [1.54, 1.807) is 20.5 Å². The molecule has 2 N–H and O–H groups in total. The van der Waals surface area contributed by atoms with Crippen LogP contribution in [0.4, 0.5) is 5.69 Å². The summed E-state index contributed by atoms with van der Waals surface area (Å²) in [6.45, 7) is 5.94. The third kappa shape index (κ3) is 5.12. The summed E-state index contributed by atoms with van der Waals surface area (Å²) in [6, 6.07) is 13.2. The molecule has 0 bridgehead atoms. The van der Waals surface area contributed by atoms with E-state index in [4.69, 9.17) is 15.2 Å². The first-order valence-electron chi connectivity index (χ1n) is 7.79. The van der Waals surface area contributed by atoms with Gasteiger partial charge in [0.05, 0.1) is 19.7 Å². The molecule has 1 aromatic heterocycles. The first-order chi connectivity index (χ1) is 11.7. The van der Waals surface area contributed by atoms with Crippen LogP contribution in [0.5, 0.6) is 11.5 Å². The molecule has 0 aliphatic heterocycles. The molecular formula is C19H25N3O2. The van der Waals surface area contributed by atoms with Crippen LogP contribution in [0.2, 0.25) is 0 Å². The quantitative estimate of drug-likeness (QED) is 0.712. The van der Waals surface area contributed by atoms with Gasteiger partial charge in [-0.15, -0.1) is 0 Å². The SMILES string of the molecule is CC.COc1cc2ncnc(C)c2cc1OC.Nc1ccccc1. The number of nitrogens with zero attached hydrogens (tertiary/aromatic N) is 2. The number of ether oxygens (including phenoxy) is 2. The highest BCUT2D eigenvalue weighted by atomic mass is 16.5. The molecule has 5 nitrogen and oxygen atoms in total. The van der Waals surface area contributed by atoms with Crippen molar-refractivity contribution < 1.29 is 9.47 Å². The van der Waals surface area contributed by atoms with Crippen molar-refractivity contribution in [1.82, 2.24) is 9.97 Å². The van der Waals surface area contributed by atoms with E-state index in [2.05, 4.69) is 9.97 Å². The highest BCUT2D eigenvalue weighted by molar-refractivity contribution is 5.84. The minimum atomic E-state index is 0.683. The Balaban J connectivity index is 0.000000268. The summed E-state index contributed by atoms with van der Waals surface area (Å²) in [5.74, 6) is 1.38. The molecule has 2 aromatic carbocycles. The molecule has 0 radical (unpaired) electrons. The normalized spacial score (nSPS) is 9.21. The third-order valence-electron chi connectivity index (χ3n) is 3.14. The van der Waals surface area contributed by atoms with Gasteiger partial charge in [0.15, 0.2) is 11.5 Å². The summed E-state index contributed by atoms with van der Waals surface area (Å²) in [5.41, 5.74) is 7.97. The zero-order chi connectivity index (χ0) is 17.9. The molecule has 3 rings (SSSR count). The van der Waals surface area contributed by atoms with Crippen molar-refractivity contribution in [2.24, 2.45) is 0 Å². The van der Waals surface area contributed by atoms with Crippen molar-refractivity contribution in [3.8, 4) is 11.5 Å². The van der Waals surface area contributed by atoms with E-state index in [0.29, 0.717) is 11.5 Å². The monoisotopic (exact) mass is 327 g/mol. The molecule has 0 saturated heterocycles. The van der Waals surface area contributed by atoms with Gasteiger partial charge in [0.2, 0.25) is 0 Å². The molecule has 128 valence electrons. The summed E-state index contributed by atoms with van der Waals surface area (Å²) < 4.78 is 10.4. The van der Waals surface area contributed by atoms with Gasteiger partial charge in [-0.05, 0) is 25.1 Å². The maximum absolute atomic E-state index is 5.36. The number of para-hydroxylation sites is 1. The largest absolute Gasteiger partial charge is 0.493 e. The molecule has 1 heterocycles. The number of benzene rings is 2. The van der Waals surface area contributed by atoms with Crippen LogP contribution in [-0.2, 0) is 0 Å². The number of hydrogen-bond acceptors (Lipinski definition) is 5. The molecule has 3 aromatic rings. The minimum absolute atomic E-state index is 0.683. The lowest BCUT2D eigenvalue weighted by Gasteiger charge is -2.09. The average molecular weight is 327 g/mol. The highest BCUT2D eigenvalue weighted by Gasteiger charge is 2.08. The van der Waals surface area contributed by atoms with Gasteiger partial charge in [-0.3, -0.25) is 0 Å². The van der Waals surface area contributed by atoms with Gasteiger partial charge in [-0.25, -0.2) is 9.97 Å². The number of nitrogens with two attached hydrogens (primary N) is 1. The standard InChI is InChI=1S/C11H12N2O2.C6H7N.C2H6/c1-7-8-4-10(14-2)11(15-3)5-9(8)13-6-12-7;7-6-4-2-1-3-5-6;1-2/h4-6H,1-3H3;1-5H,7H2;1-2H3. The zero-order valence-corrected chi connectivity index (χ0v) is 14.9. The molecule has 0 fully saturated rings. The van der Waals surface area contributed by atoms with Crippen molar-refractivity contribution in [2.45, 2.75) is 20.8 Å². The Hall–Kier alpha value is -2.82. The number of aryl methyl sites for hydroxylation is 1. The number of hydrogen-bond donors (Lipinski definition) is 1. The van der Waals surface area contributed by atoms with Crippen LogP contribution < -0.4 is 15.2 Å². The van der Waals surface area contributed by atoms with Crippen LogP contribution in [0.15, 0.2) is 48.8 Å². The average Bonchev–Trinajstić information content (AvgIpc) is 2.64. The number of fused-ring (bicyclic) bond motifs is 1. The van der Waals surface area contributed by atoms with E-state index in [1.807, 2.05) is 63.2 Å². The molecular weight excluding hydrogens is 302 g/mol. The van der Waals surface area contributed by atoms with Crippen LogP contribution in [0.25, 0.3) is 10.9 Å². The van der Waals surface area contributed by atoms with E-state index in [0.717, 1.165) is 22.3 Å². The summed E-state index contributed by atoms with van der Waals surface area (Å²) in [7, 11) is 3.22. The van der Waals surface area contributed by atoms with Gasteiger partial charge < -0.3 is 15.2 Å². The fourth-order valence-electron chi connectivity index (χ4n) is 1.97. The number of anilines is 1. The molecule has 0 saturated carbocycles. The van der Waals surface area contributed by atoms with E-state index >= 15 is 0 Å². The van der Waals surface area contributed by atoms with Gasteiger partial charge in [0.1, 0.15) is 6.33 Å². The predicted molar refractivity (Wildman–Crippen MR) is 99.6 cm³/mol. The zero-order valence-electron chi connectivity index (χ0n) is 14.9. The smallest absolute Gasteiger partial charge is 0.162 e. The van der Waals surface area contributed by atoms with E-state index < -0.39 is 0 Å². The summed E-state index contributed by atoms with van der Waals surface area (Å²) in [5, 5.41) is 0.982. The van der Waals surface area contributed by atoms with Gasteiger partial charge in [-0.2, -0.15) is 0 Å². The maximum Gasteiger partial charge on any atom is 0.162 e. The second-order valence-electron chi connectivity index (χ2n) is 4.59.